The number of H-pyrrole nitrogens is 1. The molecule has 0 fully saturated rings. The number of aromatic amines is 1. The number of fused-ring (bicyclic) bond motifs is 1. The molecule has 90 valence electrons. The van der Waals surface area contributed by atoms with Gasteiger partial charge in [0.05, 0.1) is 23.0 Å². The van der Waals surface area contributed by atoms with Gasteiger partial charge in [0.15, 0.2) is 0 Å². The topological polar surface area (TPSA) is 83.3 Å². The van der Waals surface area contributed by atoms with Gasteiger partial charge in [0.1, 0.15) is 5.65 Å². The summed E-state index contributed by atoms with van der Waals surface area (Å²) in [6, 6.07) is 6.57. The van der Waals surface area contributed by atoms with E-state index in [1.807, 2.05) is 18.2 Å². The van der Waals surface area contributed by atoms with E-state index in [9.17, 15) is 9.90 Å². The van der Waals surface area contributed by atoms with Crippen LogP contribution in [0.25, 0.3) is 16.9 Å². The molecule has 3 aromatic rings. The van der Waals surface area contributed by atoms with Crippen LogP contribution in [0.4, 0.5) is 0 Å². The van der Waals surface area contributed by atoms with E-state index in [0.717, 1.165) is 6.07 Å². The van der Waals surface area contributed by atoms with Crippen molar-refractivity contribution in [2.45, 2.75) is 6.92 Å². The van der Waals surface area contributed by atoms with E-state index >= 15 is 0 Å². The van der Waals surface area contributed by atoms with Crippen molar-refractivity contribution in [3.05, 3.63) is 46.5 Å². The van der Waals surface area contributed by atoms with Gasteiger partial charge in [0, 0.05) is 6.20 Å². The van der Waals surface area contributed by atoms with Gasteiger partial charge in [-0.25, -0.2) is 0 Å². The lowest BCUT2D eigenvalue weighted by molar-refractivity contribution is 0.434. The van der Waals surface area contributed by atoms with Gasteiger partial charge in [-0.1, -0.05) is 6.07 Å². The van der Waals surface area contributed by atoms with Gasteiger partial charge < -0.3 is 10.1 Å². The summed E-state index contributed by atoms with van der Waals surface area (Å²) in [5.41, 5.74) is 2.16. The fourth-order valence-corrected chi connectivity index (χ4v) is 1.96. The highest BCUT2D eigenvalue weighted by Gasteiger charge is 2.15. The number of nitrogens with one attached hydrogen (secondary N) is 1. The summed E-state index contributed by atoms with van der Waals surface area (Å²) < 4.78 is 1.29. The molecular formula is C12H10N4O2. The molecule has 3 aromatic heterocycles. The molecule has 6 heteroatoms. The van der Waals surface area contributed by atoms with E-state index in [-0.39, 0.29) is 11.4 Å². The number of rotatable bonds is 1. The second-order valence-corrected chi connectivity index (χ2v) is 3.93. The SMILES string of the molecule is Cc1nn2c(O)cc(=O)[nH]c2c1-c1ccccn1. The Labute approximate surface area is 102 Å². The predicted octanol–water partition coefficient (Wildman–Crippen LogP) is 1.10. The maximum atomic E-state index is 11.4. The summed E-state index contributed by atoms with van der Waals surface area (Å²) in [6.07, 6.45) is 1.67. The van der Waals surface area contributed by atoms with E-state index in [0.29, 0.717) is 22.6 Å². The van der Waals surface area contributed by atoms with E-state index in [4.69, 9.17) is 0 Å². The van der Waals surface area contributed by atoms with E-state index < -0.39 is 0 Å². The number of nitrogens with zero attached hydrogens (tertiary/aromatic N) is 3. The number of aryl methyl sites for hydroxylation is 1. The van der Waals surface area contributed by atoms with E-state index in [1.54, 1.807) is 13.1 Å². The highest BCUT2D eigenvalue weighted by atomic mass is 16.3. The Morgan fingerprint density at radius 3 is 2.94 bits per heavy atom. The summed E-state index contributed by atoms with van der Waals surface area (Å²) in [5.74, 6) is -0.195. The van der Waals surface area contributed by atoms with E-state index in [2.05, 4.69) is 15.1 Å². The van der Waals surface area contributed by atoms with Crippen LogP contribution in [0.2, 0.25) is 0 Å². The van der Waals surface area contributed by atoms with Gasteiger partial charge in [-0.3, -0.25) is 9.78 Å². The Kier molecular flexibility index (Phi) is 2.16. The standard InChI is InChI=1S/C12H10N4O2/c1-7-11(8-4-2-3-5-13-8)12-14-9(17)6-10(18)16(12)15-7/h2-6,18H,1H3,(H,14,17). The Morgan fingerprint density at radius 1 is 1.39 bits per heavy atom. The van der Waals surface area contributed by atoms with E-state index in [1.165, 1.54) is 4.52 Å². The molecule has 0 spiro atoms. The van der Waals surface area contributed by atoms with Crippen molar-refractivity contribution < 1.29 is 5.11 Å². The minimum absolute atomic E-state index is 0.195. The molecule has 2 N–H and O–H groups in total. The van der Waals surface area contributed by atoms with Crippen LogP contribution < -0.4 is 5.56 Å². The van der Waals surface area contributed by atoms with Gasteiger partial charge in [0.25, 0.3) is 5.56 Å². The minimum atomic E-state index is -0.378. The number of hydrogen-bond acceptors (Lipinski definition) is 4. The second-order valence-electron chi connectivity index (χ2n) is 3.93. The lowest BCUT2D eigenvalue weighted by Crippen LogP contribution is -2.07. The lowest BCUT2D eigenvalue weighted by Gasteiger charge is -1.99. The van der Waals surface area contributed by atoms with Crippen molar-refractivity contribution in [2.75, 3.05) is 0 Å². The average Bonchev–Trinajstić information content (AvgIpc) is 2.67. The molecule has 0 atom stereocenters. The van der Waals surface area contributed by atoms with Gasteiger partial charge in [-0.15, -0.1) is 0 Å². The molecule has 0 aliphatic heterocycles. The molecular weight excluding hydrogens is 232 g/mol. The summed E-state index contributed by atoms with van der Waals surface area (Å²) in [7, 11) is 0. The van der Waals surface area contributed by atoms with Gasteiger partial charge in [0.2, 0.25) is 5.88 Å². The monoisotopic (exact) mass is 242 g/mol. The maximum Gasteiger partial charge on any atom is 0.254 e. The van der Waals surface area contributed by atoms with Crippen LogP contribution >= 0.6 is 0 Å². The van der Waals surface area contributed by atoms with Crippen molar-refractivity contribution in [1.82, 2.24) is 19.6 Å². The summed E-state index contributed by atoms with van der Waals surface area (Å²) in [6.45, 7) is 1.80. The summed E-state index contributed by atoms with van der Waals surface area (Å²) >= 11 is 0. The average molecular weight is 242 g/mol. The highest BCUT2D eigenvalue weighted by Crippen LogP contribution is 2.25. The largest absolute Gasteiger partial charge is 0.493 e. The molecule has 0 amide bonds. The van der Waals surface area contributed by atoms with Gasteiger partial charge in [-0.05, 0) is 19.1 Å². The van der Waals surface area contributed by atoms with Crippen molar-refractivity contribution >= 4 is 5.65 Å². The quantitative estimate of drug-likeness (QED) is 0.669. The van der Waals surface area contributed by atoms with Gasteiger partial charge in [-0.2, -0.15) is 9.61 Å². The first-order chi connectivity index (χ1) is 8.66. The summed E-state index contributed by atoms with van der Waals surface area (Å²) in [5, 5.41) is 13.9. The number of aromatic hydroxyl groups is 1. The third kappa shape index (κ3) is 1.46. The van der Waals surface area contributed by atoms with Crippen LogP contribution in [0, 0.1) is 6.92 Å². The molecule has 0 radical (unpaired) electrons. The van der Waals surface area contributed by atoms with Crippen LogP contribution in [0.5, 0.6) is 5.88 Å². The maximum absolute atomic E-state index is 11.4. The molecule has 0 unspecified atom stereocenters. The highest BCUT2D eigenvalue weighted by molar-refractivity contribution is 5.77. The van der Waals surface area contributed by atoms with Crippen LogP contribution in [0.1, 0.15) is 5.69 Å². The predicted molar refractivity (Wildman–Crippen MR) is 65.4 cm³/mol. The fourth-order valence-electron chi connectivity index (χ4n) is 1.96. The zero-order chi connectivity index (χ0) is 12.7. The third-order valence-corrected chi connectivity index (χ3v) is 2.70. The Balaban J connectivity index is 2.43. The molecule has 0 bridgehead atoms. The number of aromatic nitrogens is 4. The zero-order valence-corrected chi connectivity index (χ0v) is 9.58. The minimum Gasteiger partial charge on any atom is -0.493 e. The number of pyridine rings is 1. The van der Waals surface area contributed by atoms with Crippen molar-refractivity contribution in [3.8, 4) is 17.1 Å². The molecule has 0 saturated carbocycles. The van der Waals surface area contributed by atoms with Gasteiger partial charge >= 0.3 is 0 Å². The first-order valence-electron chi connectivity index (χ1n) is 5.40. The van der Waals surface area contributed by atoms with Crippen LogP contribution in [0.3, 0.4) is 0 Å². The molecule has 0 aliphatic rings. The first kappa shape index (κ1) is 10.5. The molecule has 6 nitrogen and oxygen atoms in total. The Hall–Kier alpha value is -2.63. The van der Waals surface area contributed by atoms with Crippen molar-refractivity contribution in [1.29, 1.82) is 0 Å². The van der Waals surface area contributed by atoms with Crippen molar-refractivity contribution in [3.63, 3.8) is 0 Å². The molecule has 3 rings (SSSR count). The lowest BCUT2D eigenvalue weighted by atomic mass is 10.1. The number of hydrogen-bond donors (Lipinski definition) is 2. The van der Waals surface area contributed by atoms with Crippen LogP contribution in [-0.4, -0.2) is 24.7 Å². The Morgan fingerprint density at radius 2 is 2.22 bits per heavy atom. The van der Waals surface area contributed by atoms with Crippen LogP contribution in [-0.2, 0) is 0 Å². The second kappa shape index (κ2) is 3.69. The molecule has 0 saturated heterocycles. The molecule has 18 heavy (non-hydrogen) atoms. The Bertz CT molecular complexity index is 774. The third-order valence-electron chi connectivity index (χ3n) is 2.70. The fraction of sp³-hybridized carbons (Fsp3) is 0.0833. The first-order valence-corrected chi connectivity index (χ1v) is 5.40. The molecule has 0 aromatic carbocycles. The summed E-state index contributed by atoms with van der Waals surface area (Å²) in [4.78, 5) is 18.3. The van der Waals surface area contributed by atoms with Crippen LogP contribution in [0.15, 0.2) is 35.3 Å². The molecule has 0 aliphatic carbocycles. The zero-order valence-electron chi connectivity index (χ0n) is 9.58. The smallest absolute Gasteiger partial charge is 0.254 e. The normalized spacial score (nSPS) is 10.9. The van der Waals surface area contributed by atoms with Crippen molar-refractivity contribution in [2.24, 2.45) is 0 Å². The molecule has 3 heterocycles.